The molecule has 82 valence electrons. The summed E-state index contributed by atoms with van der Waals surface area (Å²) in [5.41, 5.74) is -0.264. The fraction of sp³-hybridized carbons (Fsp3) is 0.200. The van der Waals surface area contributed by atoms with Gasteiger partial charge in [-0.05, 0) is 35.6 Å². The minimum Gasteiger partial charge on any atom is -0.206 e. The van der Waals surface area contributed by atoms with E-state index in [0.717, 1.165) is 12.1 Å². The molecule has 15 heavy (non-hydrogen) atoms. The number of benzene rings is 1. The SMILES string of the molecule is C/C(=C\S)c1ccc(C(F)(F)F)c(F)c1. The molecule has 0 nitrogen and oxygen atoms in total. The van der Waals surface area contributed by atoms with Gasteiger partial charge in [-0.1, -0.05) is 6.07 Å². The molecule has 0 N–H and O–H groups in total. The molecule has 0 spiro atoms. The maximum atomic E-state index is 13.1. The van der Waals surface area contributed by atoms with Gasteiger partial charge in [0, 0.05) is 0 Å². The summed E-state index contributed by atoms with van der Waals surface area (Å²) < 4.78 is 49.7. The van der Waals surface area contributed by atoms with Crippen LogP contribution in [0, 0.1) is 5.82 Å². The molecule has 0 radical (unpaired) electrons. The van der Waals surface area contributed by atoms with Crippen LogP contribution in [0.2, 0.25) is 0 Å². The zero-order valence-electron chi connectivity index (χ0n) is 7.77. The molecule has 0 atom stereocenters. The van der Waals surface area contributed by atoms with E-state index in [0.29, 0.717) is 11.1 Å². The Balaban J connectivity index is 3.21. The van der Waals surface area contributed by atoms with Crippen molar-refractivity contribution in [2.45, 2.75) is 13.1 Å². The lowest BCUT2D eigenvalue weighted by atomic mass is 10.1. The molecular formula is C10H8F4S. The molecule has 1 aromatic rings. The fourth-order valence-corrected chi connectivity index (χ4v) is 1.21. The third-order valence-electron chi connectivity index (χ3n) is 1.92. The number of halogens is 4. The van der Waals surface area contributed by atoms with Crippen LogP contribution in [0.1, 0.15) is 18.1 Å². The highest BCUT2D eigenvalue weighted by atomic mass is 32.1. The van der Waals surface area contributed by atoms with Gasteiger partial charge in [0.2, 0.25) is 0 Å². The summed E-state index contributed by atoms with van der Waals surface area (Å²) >= 11 is 3.84. The molecule has 0 saturated heterocycles. The van der Waals surface area contributed by atoms with Crippen molar-refractivity contribution in [3.63, 3.8) is 0 Å². The van der Waals surface area contributed by atoms with Crippen LogP contribution in [-0.2, 0) is 6.18 Å². The van der Waals surface area contributed by atoms with Crippen LogP contribution in [0.5, 0.6) is 0 Å². The standard InChI is InChI=1S/C10H8F4S/c1-6(5-15)7-2-3-8(9(11)4-7)10(12,13)14/h2-5,15H,1H3/b6-5+. The Kier molecular flexibility index (Phi) is 3.44. The molecule has 0 amide bonds. The van der Waals surface area contributed by atoms with Crippen molar-refractivity contribution in [3.8, 4) is 0 Å². The first-order valence-electron chi connectivity index (χ1n) is 4.04. The molecule has 0 bridgehead atoms. The van der Waals surface area contributed by atoms with Crippen molar-refractivity contribution in [3.05, 3.63) is 40.6 Å². The number of thiol groups is 1. The lowest BCUT2D eigenvalue weighted by Gasteiger charge is -2.09. The van der Waals surface area contributed by atoms with E-state index < -0.39 is 17.6 Å². The second kappa shape index (κ2) is 4.26. The first-order chi connectivity index (χ1) is 6.86. The summed E-state index contributed by atoms with van der Waals surface area (Å²) in [6, 6.07) is 2.80. The second-order valence-corrected chi connectivity index (χ2v) is 3.26. The first kappa shape index (κ1) is 12.1. The highest BCUT2D eigenvalue weighted by Crippen LogP contribution is 2.32. The van der Waals surface area contributed by atoms with Crippen molar-refractivity contribution < 1.29 is 17.6 Å². The summed E-state index contributed by atoms with van der Waals surface area (Å²) in [6.07, 6.45) is -4.65. The van der Waals surface area contributed by atoms with Crippen LogP contribution in [0.3, 0.4) is 0 Å². The summed E-state index contributed by atoms with van der Waals surface area (Å²) in [5.74, 6) is -1.27. The first-order valence-corrected chi connectivity index (χ1v) is 4.56. The van der Waals surface area contributed by atoms with Gasteiger partial charge in [-0.15, -0.1) is 0 Å². The smallest absolute Gasteiger partial charge is 0.206 e. The number of hydrogen-bond acceptors (Lipinski definition) is 1. The Morgan fingerprint density at radius 2 is 1.93 bits per heavy atom. The van der Waals surface area contributed by atoms with Crippen LogP contribution in [-0.4, -0.2) is 0 Å². The average Bonchev–Trinajstić information content (AvgIpc) is 2.14. The predicted molar refractivity (Wildman–Crippen MR) is 54.0 cm³/mol. The van der Waals surface area contributed by atoms with Gasteiger partial charge in [-0.3, -0.25) is 0 Å². The maximum Gasteiger partial charge on any atom is 0.419 e. The number of allylic oxidation sites excluding steroid dienone is 1. The van der Waals surface area contributed by atoms with Crippen molar-refractivity contribution in [1.29, 1.82) is 0 Å². The summed E-state index contributed by atoms with van der Waals surface area (Å²) in [7, 11) is 0. The zero-order chi connectivity index (χ0) is 11.6. The van der Waals surface area contributed by atoms with Gasteiger partial charge in [-0.25, -0.2) is 4.39 Å². The van der Waals surface area contributed by atoms with E-state index in [-0.39, 0.29) is 0 Å². The lowest BCUT2D eigenvalue weighted by Crippen LogP contribution is -2.08. The molecule has 0 unspecified atom stereocenters. The largest absolute Gasteiger partial charge is 0.419 e. The third-order valence-corrected chi connectivity index (χ3v) is 2.31. The van der Waals surface area contributed by atoms with E-state index in [9.17, 15) is 17.6 Å². The Bertz CT molecular complexity index is 393. The third kappa shape index (κ3) is 2.75. The highest BCUT2D eigenvalue weighted by molar-refractivity contribution is 7.83. The number of hydrogen-bond donors (Lipinski definition) is 1. The molecule has 0 heterocycles. The summed E-state index contributed by atoms with van der Waals surface area (Å²) in [4.78, 5) is 0. The lowest BCUT2D eigenvalue weighted by molar-refractivity contribution is -0.140. The quantitative estimate of drug-likeness (QED) is 0.550. The Labute approximate surface area is 90.0 Å². The van der Waals surface area contributed by atoms with Gasteiger partial charge in [0.05, 0.1) is 5.56 Å². The Morgan fingerprint density at radius 1 is 1.33 bits per heavy atom. The predicted octanol–water partition coefficient (Wildman–Crippen LogP) is 4.14. The van der Waals surface area contributed by atoms with Crippen LogP contribution in [0.25, 0.3) is 5.57 Å². The van der Waals surface area contributed by atoms with Gasteiger partial charge >= 0.3 is 6.18 Å². The van der Waals surface area contributed by atoms with E-state index in [4.69, 9.17) is 0 Å². The van der Waals surface area contributed by atoms with Crippen LogP contribution < -0.4 is 0 Å². The molecular weight excluding hydrogens is 228 g/mol. The molecule has 1 rings (SSSR count). The van der Waals surface area contributed by atoms with Crippen LogP contribution >= 0.6 is 12.6 Å². The molecule has 0 aliphatic carbocycles. The fourth-order valence-electron chi connectivity index (χ4n) is 1.06. The van der Waals surface area contributed by atoms with E-state index in [1.54, 1.807) is 6.92 Å². The Hall–Kier alpha value is -0.970. The molecule has 0 aliphatic rings. The summed E-state index contributed by atoms with van der Waals surface area (Å²) in [5, 5.41) is 1.40. The Morgan fingerprint density at radius 3 is 2.33 bits per heavy atom. The monoisotopic (exact) mass is 236 g/mol. The zero-order valence-corrected chi connectivity index (χ0v) is 8.66. The number of alkyl halides is 3. The normalized spacial score (nSPS) is 13.1. The van der Waals surface area contributed by atoms with Gasteiger partial charge in [0.15, 0.2) is 0 Å². The minimum absolute atomic E-state index is 0.385. The van der Waals surface area contributed by atoms with Crippen molar-refractivity contribution >= 4 is 18.2 Å². The van der Waals surface area contributed by atoms with Gasteiger partial charge in [0.25, 0.3) is 0 Å². The van der Waals surface area contributed by atoms with Gasteiger partial charge in [0.1, 0.15) is 5.82 Å². The van der Waals surface area contributed by atoms with E-state index in [2.05, 4.69) is 12.6 Å². The van der Waals surface area contributed by atoms with Crippen molar-refractivity contribution in [1.82, 2.24) is 0 Å². The van der Waals surface area contributed by atoms with Gasteiger partial charge in [-0.2, -0.15) is 25.8 Å². The van der Waals surface area contributed by atoms with Crippen LogP contribution in [0.15, 0.2) is 23.6 Å². The molecule has 5 heteroatoms. The van der Waals surface area contributed by atoms with Gasteiger partial charge < -0.3 is 0 Å². The molecule has 0 fully saturated rings. The van der Waals surface area contributed by atoms with Crippen LogP contribution in [0.4, 0.5) is 17.6 Å². The van der Waals surface area contributed by atoms with Crippen molar-refractivity contribution in [2.24, 2.45) is 0 Å². The maximum absolute atomic E-state index is 13.1. The topological polar surface area (TPSA) is 0 Å². The van der Waals surface area contributed by atoms with E-state index >= 15 is 0 Å². The second-order valence-electron chi connectivity index (χ2n) is 3.00. The van der Waals surface area contributed by atoms with E-state index in [1.165, 1.54) is 11.5 Å². The van der Waals surface area contributed by atoms with Crippen molar-refractivity contribution in [2.75, 3.05) is 0 Å². The molecule has 0 aromatic heterocycles. The minimum atomic E-state index is -4.65. The molecule has 0 aliphatic heterocycles. The molecule has 0 saturated carbocycles. The summed E-state index contributed by atoms with van der Waals surface area (Å²) in [6.45, 7) is 1.63. The average molecular weight is 236 g/mol. The van der Waals surface area contributed by atoms with E-state index in [1.807, 2.05) is 0 Å². The highest BCUT2D eigenvalue weighted by Gasteiger charge is 2.33. The molecule has 1 aromatic carbocycles. The number of rotatable bonds is 1.